The first-order chi connectivity index (χ1) is 16.7. The van der Waals surface area contributed by atoms with Crippen LogP contribution < -0.4 is 4.72 Å². The van der Waals surface area contributed by atoms with E-state index in [0.29, 0.717) is 5.82 Å². The number of aromatic nitrogens is 3. The van der Waals surface area contributed by atoms with Gasteiger partial charge in [-0.05, 0) is 48.3 Å². The lowest BCUT2D eigenvalue weighted by atomic mass is 10.1. The molecule has 2 heterocycles. The topological polar surface area (TPSA) is 79.8 Å². The van der Waals surface area contributed by atoms with E-state index in [9.17, 15) is 21.6 Å². The number of aromatic amines is 1. The summed E-state index contributed by atoms with van der Waals surface area (Å²) in [4.78, 5) is 7.85. The number of rotatable bonds is 7. The molecule has 0 saturated heterocycles. The van der Waals surface area contributed by atoms with Crippen molar-refractivity contribution in [3.63, 3.8) is 0 Å². The zero-order valence-corrected chi connectivity index (χ0v) is 19.7. The fraction of sp³-hybridized carbons (Fsp3) is 0.125. The van der Waals surface area contributed by atoms with Crippen molar-refractivity contribution in [2.75, 3.05) is 6.54 Å². The van der Waals surface area contributed by atoms with Crippen LogP contribution in [0.5, 0.6) is 0 Å². The molecule has 0 aliphatic heterocycles. The standard InChI is InChI=1S/C24H19F3N4O2S2/c25-24(26,27)17-9-6-12-20-23(17)21(15-31(20)34-16-7-2-1-3-8-16)35(32,33)28-14-13-22-29-18-10-4-5-11-19(18)30-22/h1-12,15,28H,13-14H2,(H,29,30). The molecule has 0 fully saturated rings. The highest BCUT2D eigenvalue weighted by atomic mass is 32.2. The van der Waals surface area contributed by atoms with Crippen LogP contribution in [0.3, 0.4) is 0 Å². The molecule has 180 valence electrons. The second kappa shape index (κ2) is 9.06. The number of hydrogen-bond donors (Lipinski definition) is 2. The van der Waals surface area contributed by atoms with Gasteiger partial charge in [0.15, 0.2) is 0 Å². The van der Waals surface area contributed by atoms with Gasteiger partial charge in [-0.15, -0.1) is 0 Å². The summed E-state index contributed by atoms with van der Waals surface area (Å²) >= 11 is 1.14. The molecule has 0 bridgehead atoms. The van der Waals surface area contributed by atoms with Crippen molar-refractivity contribution in [2.45, 2.75) is 22.4 Å². The molecule has 3 aromatic carbocycles. The van der Waals surface area contributed by atoms with Gasteiger partial charge in [-0.1, -0.05) is 36.4 Å². The molecule has 0 atom stereocenters. The molecule has 0 amide bonds. The SMILES string of the molecule is O=S(=O)(NCCc1nc2ccccc2[nH]1)c1cn(Sc2ccccc2)c2cccc(C(F)(F)F)c12. The Morgan fingerprint density at radius 2 is 1.71 bits per heavy atom. The molecule has 0 aliphatic carbocycles. The highest BCUT2D eigenvalue weighted by Crippen LogP contribution is 2.40. The molecule has 0 unspecified atom stereocenters. The number of halogens is 3. The first kappa shape index (κ1) is 23.5. The number of nitrogens with one attached hydrogen (secondary N) is 2. The van der Waals surface area contributed by atoms with Gasteiger partial charge in [0.1, 0.15) is 10.7 Å². The number of nitrogens with zero attached hydrogens (tertiary/aromatic N) is 2. The van der Waals surface area contributed by atoms with E-state index in [1.165, 1.54) is 22.3 Å². The smallest absolute Gasteiger partial charge is 0.342 e. The summed E-state index contributed by atoms with van der Waals surface area (Å²) in [6, 6.07) is 20.0. The van der Waals surface area contributed by atoms with Gasteiger partial charge < -0.3 is 4.98 Å². The molecule has 6 nitrogen and oxygen atoms in total. The fourth-order valence-corrected chi connectivity index (χ4v) is 6.07. The van der Waals surface area contributed by atoms with Crippen LogP contribution in [0.2, 0.25) is 0 Å². The number of hydrogen-bond acceptors (Lipinski definition) is 4. The van der Waals surface area contributed by atoms with Crippen molar-refractivity contribution in [3.05, 3.63) is 90.4 Å². The number of imidazole rings is 1. The maximum Gasteiger partial charge on any atom is 0.417 e. The highest BCUT2D eigenvalue weighted by Gasteiger charge is 2.36. The number of sulfonamides is 1. The summed E-state index contributed by atoms with van der Waals surface area (Å²) in [5.74, 6) is 0.576. The minimum Gasteiger partial charge on any atom is -0.342 e. The lowest BCUT2D eigenvalue weighted by Gasteiger charge is -2.11. The minimum absolute atomic E-state index is 0.0329. The van der Waals surface area contributed by atoms with Crippen LogP contribution in [0.4, 0.5) is 13.2 Å². The zero-order chi connectivity index (χ0) is 24.6. The maximum atomic E-state index is 13.9. The van der Waals surface area contributed by atoms with Gasteiger partial charge in [-0.25, -0.2) is 18.1 Å². The minimum atomic E-state index is -4.72. The van der Waals surface area contributed by atoms with Crippen molar-refractivity contribution in [2.24, 2.45) is 0 Å². The molecular formula is C24H19F3N4O2S2. The summed E-state index contributed by atoms with van der Waals surface area (Å²) in [7, 11) is -4.27. The molecule has 2 N–H and O–H groups in total. The van der Waals surface area contributed by atoms with Crippen LogP contribution in [-0.2, 0) is 22.6 Å². The third-order valence-electron chi connectivity index (χ3n) is 5.39. The molecule has 0 spiro atoms. The van der Waals surface area contributed by atoms with Crippen molar-refractivity contribution in [1.82, 2.24) is 18.7 Å². The van der Waals surface area contributed by atoms with E-state index in [1.54, 1.807) is 24.3 Å². The second-order valence-corrected chi connectivity index (χ2v) is 10.6. The van der Waals surface area contributed by atoms with E-state index in [-0.39, 0.29) is 23.9 Å². The fourth-order valence-electron chi connectivity index (χ4n) is 3.84. The summed E-state index contributed by atoms with van der Waals surface area (Å²) in [5.41, 5.74) is 0.730. The maximum absolute atomic E-state index is 13.9. The summed E-state index contributed by atoms with van der Waals surface area (Å²) in [6.07, 6.45) is -3.24. The second-order valence-electron chi connectivity index (χ2n) is 7.77. The Kier molecular flexibility index (Phi) is 6.07. The van der Waals surface area contributed by atoms with Gasteiger partial charge >= 0.3 is 6.18 Å². The van der Waals surface area contributed by atoms with Gasteiger partial charge in [-0.3, -0.25) is 3.97 Å². The van der Waals surface area contributed by atoms with E-state index in [0.717, 1.165) is 33.9 Å². The first-order valence-electron chi connectivity index (χ1n) is 10.6. The van der Waals surface area contributed by atoms with Crippen LogP contribution >= 0.6 is 11.9 Å². The van der Waals surface area contributed by atoms with Crippen LogP contribution in [0.25, 0.3) is 21.9 Å². The van der Waals surface area contributed by atoms with Crippen molar-refractivity contribution < 1.29 is 21.6 Å². The lowest BCUT2D eigenvalue weighted by molar-refractivity contribution is -0.136. The average molecular weight is 517 g/mol. The van der Waals surface area contributed by atoms with Crippen LogP contribution in [0.15, 0.2) is 88.8 Å². The third kappa shape index (κ3) is 4.79. The van der Waals surface area contributed by atoms with Gasteiger partial charge in [-0.2, -0.15) is 13.2 Å². The number of benzene rings is 3. The van der Waals surface area contributed by atoms with Gasteiger partial charge in [0.25, 0.3) is 0 Å². The lowest BCUT2D eigenvalue weighted by Crippen LogP contribution is -2.26. The van der Waals surface area contributed by atoms with E-state index >= 15 is 0 Å². The average Bonchev–Trinajstić information content (AvgIpc) is 3.40. The van der Waals surface area contributed by atoms with Gasteiger partial charge in [0.05, 0.1) is 22.1 Å². The Morgan fingerprint density at radius 3 is 2.46 bits per heavy atom. The van der Waals surface area contributed by atoms with E-state index in [4.69, 9.17) is 0 Å². The molecule has 0 aliphatic rings. The monoisotopic (exact) mass is 516 g/mol. The number of alkyl halides is 3. The summed E-state index contributed by atoms with van der Waals surface area (Å²) < 4.78 is 71.9. The number of fused-ring (bicyclic) bond motifs is 2. The van der Waals surface area contributed by atoms with Crippen LogP contribution in [0, 0.1) is 0 Å². The summed E-state index contributed by atoms with van der Waals surface area (Å²) in [5, 5.41) is -0.361. The molecule has 5 rings (SSSR count). The van der Waals surface area contributed by atoms with Gasteiger partial charge in [0, 0.05) is 29.4 Å². The first-order valence-corrected chi connectivity index (χ1v) is 12.9. The molecule has 0 saturated carbocycles. The molecule has 0 radical (unpaired) electrons. The predicted molar refractivity (Wildman–Crippen MR) is 130 cm³/mol. The molecule has 2 aromatic heterocycles. The Labute approximate surface area is 203 Å². The molecule has 11 heteroatoms. The quantitative estimate of drug-likeness (QED) is 0.295. The van der Waals surface area contributed by atoms with E-state index in [2.05, 4.69) is 14.7 Å². The highest BCUT2D eigenvalue weighted by molar-refractivity contribution is 7.98. The molecular weight excluding hydrogens is 497 g/mol. The largest absolute Gasteiger partial charge is 0.417 e. The van der Waals surface area contributed by atoms with Gasteiger partial charge in [0.2, 0.25) is 10.0 Å². The Hall–Kier alpha value is -3.28. The number of H-pyrrole nitrogens is 1. The zero-order valence-electron chi connectivity index (χ0n) is 18.1. The molecule has 5 aromatic rings. The van der Waals surface area contributed by atoms with Crippen molar-refractivity contribution >= 4 is 43.9 Å². The Morgan fingerprint density at radius 1 is 0.971 bits per heavy atom. The normalized spacial score (nSPS) is 12.5. The van der Waals surface area contributed by atoms with Crippen LogP contribution in [-0.4, -0.2) is 28.9 Å². The van der Waals surface area contributed by atoms with Crippen molar-refractivity contribution in [1.29, 1.82) is 0 Å². The Balaban J connectivity index is 1.49. The summed E-state index contributed by atoms with van der Waals surface area (Å²) in [6.45, 7) is -0.0329. The predicted octanol–water partition coefficient (Wildman–Crippen LogP) is 5.61. The Bertz CT molecular complexity index is 1580. The number of para-hydroxylation sites is 2. The van der Waals surface area contributed by atoms with Crippen LogP contribution in [0.1, 0.15) is 11.4 Å². The third-order valence-corrected chi connectivity index (χ3v) is 7.85. The van der Waals surface area contributed by atoms with E-state index < -0.39 is 26.7 Å². The molecule has 35 heavy (non-hydrogen) atoms. The van der Waals surface area contributed by atoms with Crippen molar-refractivity contribution in [3.8, 4) is 0 Å². The van der Waals surface area contributed by atoms with E-state index in [1.807, 2.05) is 30.3 Å².